The molecule has 4 N–H and O–H groups in total. The average Bonchev–Trinajstić information content (AvgIpc) is 3.38. The Morgan fingerprint density at radius 1 is 0.419 bits per heavy atom. The van der Waals surface area contributed by atoms with E-state index < -0.39 is 53.0 Å². The molecule has 0 spiro atoms. The lowest BCUT2D eigenvalue weighted by molar-refractivity contribution is -0.138. The third-order valence-electron chi connectivity index (χ3n) is 10.5. The quantitative estimate of drug-likeness (QED) is 0.0740. The number of carboxylic acid groups (broad SMARTS) is 1. The molecular weight excluding hydrogens is 1050 g/mol. The van der Waals surface area contributed by atoms with E-state index in [2.05, 4.69) is 31.9 Å². The van der Waals surface area contributed by atoms with E-state index in [1.165, 1.54) is 123 Å². The zero-order valence-corrected chi connectivity index (χ0v) is 40.1. The monoisotopic (exact) mass is 1090 g/mol. The SMILES string of the molecule is COC(=O)c1ccc(-c2ccc(C(F)(F)F)cc2)cc1Nc1ccc(F)cc1.COC(=O)c1ccc(Br)cc1Nc1ccc(F)cc1.O=C(O)c1ccc(-c2ccc(C(F)(F)F)cc2)cc1Nc1ccc(F)cc1. The smallest absolute Gasteiger partial charge is 0.416 e. The fourth-order valence-electron chi connectivity index (χ4n) is 6.81. The number of benzene rings is 8. The van der Waals surface area contributed by atoms with Crippen molar-refractivity contribution in [2.24, 2.45) is 0 Å². The Morgan fingerprint density at radius 3 is 1.04 bits per heavy atom. The fourth-order valence-corrected chi connectivity index (χ4v) is 7.17. The largest absolute Gasteiger partial charge is 0.478 e. The number of alkyl halides is 6. The topological polar surface area (TPSA) is 126 Å². The Balaban J connectivity index is 0.000000184. The molecule has 0 saturated heterocycles. The first kappa shape index (κ1) is 54.7. The molecule has 9 nitrogen and oxygen atoms in total. The summed E-state index contributed by atoms with van der Waals surface area (Å²) in [6, 6.07) is 40.4. The molecule has 0 aliphatic carbocycles. The normalized spacial score (nSPS) is 10.9. The Hall–Kier alpha value is -8.58. The number of methoxy groups -OCH3 is 2. The van der Waals surface area contributed by atoms with Crippen LogP contribution in [0, 0.1) is 17.5 Å². The zero-order valence-electron chi connectivity index (χ0n) is 38.5. The molecular formula is C55H39BrF9N3O6. The third kappa shape index (κ3) is 15.0. The highest BCUT2D eigenvalue weighted by molar-refractivity contribution is 9.10. The van der Waals surface area contributed by atoms with Crippen molar-refractivity contribution in [2.45, 2.75) is 12.4 Å². The van der Waals surface area contributed by atoms with E-state index in [1.54, 1.807) is 42.5 Å². The molecule has 0 unspecified atom stereocenters. The maximum atomic E-state index is 13.1. The number of carbonyl (C=O) groups excluding carboxylic acids is 2. The summed E-state index contributed by atoms with van der Waals surface area (Å²) in [4.78, 5) is 35.1. The molecule has 0 saturated carbocycles. The van der Waals surface area contributed by atoms with Crippen LogP contribution in [0.4, 0.5) is 73.6 Å². The zero-order chi connectivity index (χ0) is 53.7. The number of nitrogens with one attached hydrogen (secondary N) is 3. The number of ether oxygens (including phenoxy) is 2. The van der Waals surface area contributed by atoms with Crippen LogP contribution in [0.5, 0.6) is 0 Å². The summed E-state index contributed by atoms with van der Waals surface area (Å²) in [5.41, 5.74) is 4.23. The summed E-state index contributed by atoms with van der Waals surface area (Å²) in [7, 11) is 2.57. The predicted octanol–water partition coefficient (Wildman–Crippen LogP) is 16.1. The molecule has 74 heavy (non-hydrogen) atoms. The van der Waals surface area contributed by atoms with Crippen molar-refractivity contribution in [1.29, 1.82) is 0 Å². The van der Waals surface area contributed by atoms with Gasteiger partial charge in [-0.25, -0.2) is 27.6 Å². The molecule has 0 aliphatic heterocycles. The van der Waals surface area contributed by atoms with Gasteiger partial charge in [-0.05, 0) is 162 Å². The highest BCUT2D eigenvalue weighted by Gasteiger charge is 2.31. The number of halogens is 10. The van der Waals surface area contributed by atoms with Crippen LogP contribution in [-0.2, 0) is 21.8 Å². The molecule has 0 aromatic heterocycles. The standard InChI is InChI=1S/C21H15F4NO2.C20H13F4NO2.C14H11BrFNO2/c1-28-20(27)18-11-4-14(13-2-5-15(6-3-13)21(23,24)25)12-19(18)26-17-9-7-16(22)8-10-17;21-15-6-8-16(9-7-15)25-18-11-13(3-10-17(18)19(26)27)12-1-4-14(5-2-12)20(22,23)24;1-19-14(18)12-7-2-9(15)8-13(12)17-11-5-3-10(16)4-6-11/h2-12,26H,1H3;1-11,25H,(H,26,27);2-8,17H,1H3. The van der Waals surface area contributed by atoms with Gasteiger partial charge in [0.1, 0.15) is 17.5 Å². The molecule has 0 fully saturated rings. The summed E-state index contributed by atoms with van der Waals surface area (Å²) in [5, 5.41) is 18.3. The first-order valence-corrected chi connectivity index (χ1v) is 22.3. The van der Waals surface area contributed by atoms with Gasteiger partial charge in [0.2, 0.25) is 0 Å². The number of esters is 2. The number of anilines is 6. The maximum absolute atomic E-state index is 13.1. The van der Waals surface area contributed by atoms with Crippen LogP contribution >= 0.6 is 15.9 Å². The Bertz CT molecular complexity index is 3230. The van der Waals surface area contributed by atoms with Gasteiger partial charge in [-0.15, -0.1) is 0 Å². The molecule has 0 bridgehead atoms. The van der Waals surface area contributed by atoms with Crippen LogP contribution in [-0.4, -0.2) is 37.2 Å². The van der Waals surface area contributed by atoms with Gasteiger partial charge in [0.05, 0.1) is 59.1 Å². The highest BCUT2D eigenvalue weighted by atomic mass is 79.9. The minimum atomic E-state index is -4.43. The van der Waals surface area contributed by atoms with Gasteiger partial charge >= 0.3 is 30.3 Å². The first-order valence-electron chi connectivity index (χ1n) is 21.5. The minimum absolute atomic E-state index is 0.0185. The highest BCUT2D eigenvalue weighted by Crippen LogP contribution is 2.35. The van der Waals surface area contributed by atoms with E-state index in [4.69, 9.17) is 9.47 Å². The Morgan fingerprint density at radius 2 is 0.716 bits per heavy atom. The second-order valence-electron chi connectivity index (χ2n) is 15.5. The predicted molar refractivity (Wildman–Crippen MR) is 267 cm³/mol. The summed E-state index contributed by atoms with van der Waals surface area (Å²) in [5.74, 6) is -3.33. The molecule has 0 heterocycles. The number of hydrogen-bond acceptors (Lipinski definition) is 8. The Kier molecular flexibility index (Phi) is 17.9. The van der Waals surface area contributed by atoms with E-state index >= 15 is 0 Å². The van der Waals surface area contributed by atoms with Crippen LogP contribution in [0.3, 0.4) is 0 Å². The third-order valence-corrected chi connectivity index (χ3v) is 11.0. The van der Waals surface area contributed by atoms with Crippen molar-refractivity contribution >= 4 is 68.0 Å². The second kappa shape index (κ2) is 24.2. The summed E-state index contributed by atoms with van der Waals surface area (Å²) < 4.78 is 126. The lowest BCUT2D eigenvalue weighted by atomic mass is 10.0. The Labute approximate surface area is 425 Å². The number of carbonyl (C=O) groups is 3. The minimum Gasteiger partial charge on any atom is -0.478 e. The van der Waals surface area contributed by atoms with Crippen LogP contribution in [0.25, 0.3) is 22.3 Å². The van der Waals surface area contributed by atoms with Crippen molar-refractivity contribution in [3.8, 4) is 22.3 Å². The van der Waals surface area contributed by atoms with Gasteiger partial charge in [0.25, 0.3) is 0 Å². The van der Waals surface area contributed by atoms with Gasteiger partial charge in [0.15, 0.2) is 0 Å². The van der Waals surface area contributed by atoms with E-state index in [-0.39, 0.29) is 22.6 Å². The number of hydrogen-bond donors (Lipinski definition) is 4. The molecule has 380 valence electrons. The lowest BCUT2D eigenvalue weighted by Gasteiger charge is -2.14. The van der Waals surface area contributed by atoms with Crippen LogP contribution < -0.4 is 16.0 Å². The molecule has 8 aromatic rings. The van der Waals surface area contributed by atoms with Gasteiger partial charge in [-0.2, -0.15) is 26.3 Å². The number of carboxylic acids is 1. The van der Waals surface area contributed by atoms with Crippen molar-refractivity contribution in [3.05, 3.63) is 226 Å². The van der Waals surface area contributed by atoms with Crippen molar-refractivity contribution in [3.63, 3.8) is 0 Å². The maximum Gasteiger partial charge on any atom is 0.416 e. The lowest BCUT2D eigenvalue weighted by Crippen LogP contribution is -2.06. The van der Waals surface area contributed by atoms with E-state index in [1.807, 2.05) is 0 Å². The van der Waals surface area contributed by atoms with Crippen molar-refractivity contribution in [2.75, 3.05) is 30.2 Å². The molecule has 0 aliphatic rings. The van der Waals surface area contributed by atoms with Crippen molar-refractivity contribution < 1.29 is 68.5 Å². The number of aromatic carboxylic acids is 1. The van der Waals surface area contributed by atoms with Crippen LogP contribution in [0.1, 0.15) is 42.2 Å². The second-order valence-corrected chi connectivity index (χ2v) is 16.5. The van der Waals surface area contributed by atoms with Crippen LogP contribution in [0.2, 0.25) is 0 Å². The summed E-state index contributed by atoms with van der Waals surface area (Å²) in [6.07, 6.45) is -8.84. The fraction of sp³-hybridized carbons (Fsp3) is 0.0727. The van der Waals surface area contributed by atoms with E-state index in [0.717, 1.165) is 28.7 Å². The first-order chi connectivity index (χ1) is 35.1. The molecule has 8 aromatic carbocycles. The molecule has 0 radical (unpaired) electrons. The molecule has 0 amide bonds. The van der Waals surface area contributed by atoms with Gasteiger partial charge in [-0.3, -0.25) is 0 Å². The van der Waals surface area contributed by atoms with E-state index in [9.17, 15) is 59.0 Å². The van der Waals surface area contributed by atoms with Crippen molar-refractivity contribution in [1.82, 2.24) is 0 Å². The number of rotatable bonds is 11. The summed E-state index contributed by atoms with van der Waals surface area (Å²) >= 11 is 3.34. The van der Waals surface area contributed by atoms with Gasteiger partial charge < -0.3 is 30.5 Å². The van der Waals surface area contributed by atoms with Crippen LogP contribution in [0.15, 0.2) is 180 Å². The summed E-state index contributed by atoms with van der Waals surface area (Å²) in [6.45, 7) is 0. The molecule has 19 heteroatoms. The molecule has 8 rings (SSSR count). The van der Waals surface area contributed by atoms with Gasteiger partial charge in [0, 0.05) is 21.5 Å². The van der Waals surface area contributed by atoms with E-state index in [0.29, 0.717) is 56.3 Å². The van der Waals surface area contributed by atoms with Gasteiger partial charge in [-0.1, -0.05) is 52.3 Å². The molecule has 0 atom stereocenters. The average molecular weight is 1090 g/mol.